The van der Waals surface area contributed by atoms with Crippen LogP contribution >= 0.6 is 0 Å². The first-order valence-corrected chi connectivity index (χ1v) is 7.13. The van der Waals surface area contributed by atoms with Gasteiger partial charge < -0.3 is 14.4 Å². The van der Waals surface area contributed by atoms with Crippen molar-refractivity contribution in [2.75, 3.05) is 13.1 Å². The topological polar surface area (TPSA) is 38.8 Å². The fraction of sp³-hybridized carbons (Fsp3) is 0.562. The molecule has 20 heavy (non-hydrogen) atoms. The van der Waals surface area contributed by atoms with Crippen LogP contribution in [0.3, 0.4) is 0 Å². The molecule has 1 aliphatic rings. The molecule has 3 atom stereocenters. The van der Waals surface area contributed by atoms with Gasteiger partial charge in [-0.1, -0.05) is 17.7 Å². The molecule has 4 nitrogen and oxygen atoms in total. The van der Waals surface area contributed by atoms with Crippen molar-refractivity contribution in [3.63, 3.8) is 0 Å². The Hall–Kier alpha value is -1.55. The minimum Gasteiger partial charge on any atom is -0.481 e. The number of ether oxygens (including phenoxy) is 2. The van der Waals surface area contributed by atoms with E-state index in [1.165, 1.54) is 5.56 Å². The molecule has 1 saturated heterocycles. The van der Waals surface area contributed by atoms with E-state index in [1.807, 2.05) is 49.9 Å². The molecule has 1 aromatic rings. The van der Waals surface area contributed by atoms with E-state index in [1.54, 1.807) is 6.92 Å². The maximum absolute atomic E-state index is 12.4. The largest absolute Gasteiger partial charge is 0.481 e. The number of carbonyl (C=O) groups excluding carboxylic acids is 1. The fourth-order valence-electron chi connectivity index (χ4n) is 2.49. The zero-order valence-corrected chi connectivity index (χ0v) is 12.6. The van der Waals surface area contributed by atoms with Crippen molar-refractivity contribution in [2.24, 2.45) is 0 Å². The smallest absolute Gasteiger partial charge is 0.263 e. The molecule has 0 aliphatic carbocycles. The minimum absolute atomic E-state index is 0.0209. The lowest BCUT2D eigenvalue weighted by atomic mass is 10.2. The second-order valence-corrected chi connectivity index (χ2v) is 5.57. The van der Waals surface area contributed by atoms with Crippen molar-refractivity contribution in [1.82, 2.24) is 4.90 Å². The van der Waals surface area contributed by atoms with Gasteiger partial charge >= 0.3 is 0 Å². The van der Waals surface area contributed by atoms with Crippen molar-refractivity contribution >= 4 is 5.91 Å². The van der Waals surface area contributed by atoms with E-state index in [4.69, 9.17) is 9.47 Å². The Morgan fingerprint density at radius 1 is 1.25 bits per heavy atom. The number of rotatable bonds is 3. The van der Waals surface area contributed by atoms with E-state index in [9.17, 15) is 4.79 Å². The lowest BCUT2D eigenvalue weighted by molar-refractivity contribution is -0.149. The Balaban J connectivity index is 1.96. The number of amides is 1. The summed E-state index contributed by atoms with van der Waals surface area (Å²) in [5.41, 5.74) is 1.17. The second kappa shape index (κ2) is 6.27. The van der Waals surface area contributed by atoms with E-state index in [0.717, 1.165) is 5.75 Å². The van der Waals surface area contributed by atoms with Gasteiger partial charge in [-0.15, -0.1) is 0 Å². The molecular formula is C16H23NO3. The highest BCUT2D eigenvalue weighted by Gasteiger charge is 2.29. The van der Waals surface area contributed by atoms with Gasteiger partial charge in [0.15, 0.2) is 6.10 Å². The van der Waals surface area contributed by atoms with Crippen molar-refractivity contribution in [1.29, 1.82) is 0 Å². The van der Waals surface area contributed by atoms with Gasteiger partial charge in [0.05, 0.1) is 12.2 Å². The lowest BCUT2D eigenvalue weighted by Crippen LogP contribution is -2.51. The normalized spacial score (nSPS) is 24.3. The van der Waals surface area contributed by atoms with Crippen molar-refractivity contribution in [3.8, 4) is 5.75 Å². The molecule has 0 bridgehead atoms. The zero-order valence-electron chi connectivity index (χ0n) is 12.6. The number of aryl methyl sites for hydroxylation is 1. The maximum atomic E-state index is 12.4. The van der Waals surface area contributed by atoms with Gasteiger partial charge in [-0.3, -0.25) is 4.79 Å². The Morgan fingerprint density at radius 3 is 2.35 bits per heavy atom. The third-order valence-corrected chi connectivity index (χ3v) is 3.41. The van der Waals surface area contributed by atoms with Crippen LogP contribution in [0.1, 0.15) is 26.3 Å². The van der Waals surface area contributed by atoms with Crippen molar-refractivity contribution in [3.05, 3.63) is 29.8 Å². The Morgan fingerprint density at radius 2 is 1.80 bits per heavy atom. The van der Waals surface area contributed by atoms with E-state index >= 15 is 0 Å². The molecule has 1 fully saturated rings. The molecule has 0 spiro atoms. The fourth-order valence-corrected chi connectivity index (χ4v) is 2.49. The number of hydrogen-bond donors (Lipinski definition) is 0. The first-order chi connectivity index (χ1) is 9.45. The zero-order chi connectivity index (χ0) is 14.7. The highest BCUT2D eigenvalue weighted by atomic mass is 16.5. The summed E-state index contributed by atoms with van der Waals surface area (Å²) in [7, 11) is 0. The number of hydrogen-bond acceptors (Lipinski definition) is 3. The molecule has 4 heteroatoms. The second-order valence-electron chi connectivity index (χ2n) is 5.57. The van der Waals surface area contributed by atoms with Crippen LogP contribution < -0.4 is 4.74 Å². The van der Waals surface area contributed by atoms with Gasteiger partial charge in [-0.2, -0.15) is 0 Å². The number of benzene rings is 1. The highest BCUT2D eigenvalue weighted by molar-refractivity contribution is 5.81. The number of carbonyl (C=O) groups is 1. The summed E-state index contributed by atoms with van der Waals surface area (Å²) in [4.78, 5) is 14.2. The quantitative estimate of drug-likeness (QED) is 0.851. The first-order valence-electron chi connectivity index (χ1n) is 7.13. The van der Waals surface area contributed by atoms with Crippen LogP contribution in [0, 0.1) is 6.92 Å². The van der Waals surface area contributed by atoms with Crippen LogP contribution in [0.4, 0.5) is 0 Å². The minimum atomic E-state index is -0.477. The van der Waals surface area contributed by atoms with Gasteiger partial charge in [-0.05, 0) is 39.8 Å². The van der Waals surface area contributed by atoms with Crippen LogP contribution in [0.2, 0.25) is 0 Å². The number of nitrogens with zero attached hydrogens (tertiary/aromatic N) is 1. The summed E-state index contributed by atoms with van der Waals surface area (Å²) in [6.07, 6.45) is -0.321. The van der Waals surface area contributed by atoms with Crippen LogP contribution in [0.15, 0.2) is 24.3 Å². The molecular weight excluding hydrogens is 254 g/mol. The maximum Gasteiger partial charge on any atom is 0.263 e. The van der Waals surface area contributed by atoms with Gasteiger partial charge in [0.25, 0.3) is 5.91 Å². The van der Waals surface area contributed by atoms with Gasteiger partial charge in [0.2, 0.25) is 0 Å². The molecule has 110 valence electrons. The van der Waals surface area contributed by atoms with Crippen molar-refractivity contribution < 1.29 is 14.3 Å². The van der Waals surface area contributed by atoms with Crippen LogP contribution in [-0.2, 0) is 9.53 Å². The van der Waals surface area contributed by atoms with E-state index in [-0.39, 0.29) is 18.1 Å². The summed E-state index contributed by atoms with van der Waals surface area (Å²) >= 11 is 0. The summed E-state index contributed by atoms with van der Waals surface area (Å²) < 4.78 is 11.4. The molecule has 0 radical (unpaired) electrons. The molecule has 0 aromatic heterocycles. The van der Waals surface area contributed by atoms with Gasteiger partial charge in [0, 0.05) is 13.1 Å². The van der Waals surface area contributed by atoms with Crippen molar-refractivity contribution in [2.45, 2.75) is 46.0 Å². The average molecular weight is 277 g/mol. The van der Waals surface area contributed by atoms with E-state index in [0.29, 0.717) is 13.1 Å². The third-order valence-electron chi connectivity index (χ3n) is 3.41. The third kappa shape index (κ3) is 3.73. The molecule has 1 aromatic carbocycles. The van der Waals surface area contributed by atoms with Crippen LogP contribution in [-0.4, -0.2) is 42.2 Å². The molecule has 2 rings (SSSR count). The Labute approximate surface area is 120 Å². The predicted octanol–water partition coefficient (Wildman–Crippen LogP) is 2.40. The Bertz CT molecular complexity index is 447. The molecule has 1 heterocycles. The molecule has 1 amide bonds. The predicted molar refractivity (Wildman–Crippen MR) is 77.9 cm³/mol. The van der Waals surface area contributed by atoms with Gasteiger partial charge in [-0.25, -0.2) is 0 Å². The monoisotopic (exact) mass is 277 g/mol. The first kappa shape index (κ1) is 14.9. The molecule has 0 saturated carbocycles. The SMILES string of the molecule is Cc1ccc(OC(C)C(=O)N2CC(C)OC(C)C2)cc1. The summed E-state index contributed by atoms with van der Waals surface area (Å²) in [5, 5.41) is 0. The average Bonchev–Trinajstić information content (AvgIpc) is 2.39. The van der Waals surface area contributed by atoms with Crippen LogP contribution in [0.25, 0.3) is 0 Å². The molecule has 3 unspecified atom stereocenters. The van der Waals surface area contributed by atoms with E-state index < -0.39 is 6.10 Å². The number of morpholine rings is 1. The molecule has 0 N–H and O–H groups in total. The Kier molecular flexibility index (Phi) is 4.65. The highest BCUT2D eigenvalue weighted by Crippen LogP contribution is 2.16. The lowest BCUT2D eigenvalue weighted by Gasteiger charge is -2.36. The van der Waals surface area contributed by atoms with E-state index in [2.05, 4.69) is 0 Å². The van der Waals surface area contributed by atoms with Crippen LogP contribution in [0.5, 0.6) is 5.75 Å². The standard InChI is InChI=1S/C16H23NO3/c1-11-5-7-15(8-6-11)20-14(4)16(18)17-9-12(2)19-13(3)10-17/h5-8,12-14H,9-10H2,1-4H3. The molecule has 1 aliphatic heterocycles. The summed E-state index contributed by atoms with van der Waals surface area (Å²) in [6, 6.07) is 7.74. The van der Waals surface area contributed by atoms with Gasteiger partial charge in [0.1, 0.15) is 5.75 Å². The summed E-state index contributed by atoms with van der Waals surface area (Å²) in [5.74, 6) is 0.749. The summed E-state index contributed by atoms with van der Waals surface area (Å²) in [6.45, 7) is 9.06.